The van der Waals surface area contributed by atoms with Crippen LogP contribution in [0.5, 0.6) is 0 Å². The maximum atomic E-state index is 11.1. The predicted octanol–water partition coefficient (Wildman–Crippen LogP) is -3.46. The Kier molecular flexibility index (Phi) is 10.3. The second-order valence-corrected chi connectivity index (χ2v) is 9.81. The molecule has 0 spiro atoms. The summed E-state index contributed by atoms with van der Waals surface area (Å²) in [6.45, 7) is -1.08. The first-order valence-corrected chi connectivity index (χ1v) is 12.7. The second kappa shape index (κ2) is 12.2. The number of hydrogen-bond acceptors (Lipinski definition) is 14. The SMILES string of the molecule is N[C@@H]1[C@@H](O)[C@H](CCOCC[C@@H]2OC(C(=O)O)=C[C@H](O)[C@H]2OS(=O)(=O)O)[C@@H](COS(=O)(=O)O)O[C@@H]1O. The zero-order valence-corrected chi connectivity index (χ0v) is 19.5. The maximum absolute atomic E-state index is 11.1. The summed E-state index contributed by atoms with van der Waals surface area (Å²) in [6, 6.07) is -1.24. The van der Waals surface area contributed by atoms with Crippen LogP contribution in [0, 0.1) is 5.92 Å². The highest BCUT2D eigenvalue weighted by Gasteiger charge is 2.43. The number of carboxylic acids is 1. The molecule has 1 fully saturated rings. The molecule has 0 unspecified atom stereocenters. The molecule has 2 rings (SSSR count). The molecule has 2 aliphatic rings. The van der Waals surface area contributed by atoms with Crippen molar-refractivity contribution >= 4 is 26.8 Å². The standard InChI is InChI=1S/C16H27NO16S2/c17-12-13(19)7(11(32-16(12)22)6-30-34(23,24)25)1-3-29-4-2-9-14(33-35(26,27)28)8(18)5-10(31-9)15(20)21/h5,7-9,11-14,16,18-19,22H,1-4,6,17H2,(H,20,21)(H,23,24,25)(H,26,27,28)/t7-,8+,9+,11-,12-,13+,14-,16+/m1/s1. The number of nitrogens with two attached hydrogens (primary N) is 1. The molecular formula is C16H27NO16S2. The molecule has 8 atom stereocenters. The van der Waals surface area contributed by atoms with Gasteiger partial charge in [-0.25, -0.2) is 13.2 Å². The number of carboxylic acid groups (broad SMARTS) is 1. The van der Waals surface area contributed by atoms with Crippen LogP contribution in [0.1, 0.15) is 12.8 Å². The fourth-order valence-electron chi connectivity index (χ4n) is 3.58. The van der Waals surface area contributed by atoms with E-state index in [-0.39, 0.29) is 26.1 Å². The first-order chi connectivity index (χ1) is 16.1. The number of hydrogen-bond donors (Lipinski definition) is 7. The van der Waals surface area contributed by atoms with Crippen LogP contribution in [0.15, 0.2) is 11.8 Å². The van der Waals surface area contributed by atoms with Gasteiger partial charge in [0.2, 0.25) is 5.76 Å². The Bertz CT molecular complexity index is 968. The van der Waals surface area contributed by atoms with Gasteiger partial charge in [-0.3, -0.25) is 9.11 Å². The molecule has 2 heterocycles. The van der Waals surface area contributed by atoms with Crippen molar-refractivity contribution in [3.63, 3.8) is 0 Å². The van der Waals surface area contributed by atoms with Crippen molar-refractivity contribution in [3.8, 4) is 0 Å². The van der Waals surface area contributed by atoms with Crippen molar-refractivity contribution < 1.29 is 73.7 Å². The molecule has 0 radical (unpaired) electrons. The second-order valence-electron chi connectivity index (χ2n) is 7.67. The average molecular weight is 554 g/mol. The van der Waals surface area contributed by atoms with Crippen LogP contribution in [0.2, 0.25) is 0 Å². The number of aliphatic carboxylic acids is 1. The minimum atomic E-state index is -5.02. The van der Waals surface area contributed by atoms with Crippen LogP contribution < -0.4 is 5.73 Å². The van der Waals surface area contributed by atoms with Gasteiger partial charge in [0, 0.05) is 18.9 Å². The van der Waals surface area contributed by atoms with Crippen molar-refractivity contribution in [3.05, 3.63) is 11.8 Å². The zero-order valence-electron chi connectivity index (χ0n) is 17.9. The summed E-state index contributed by atoms with van der Waals surface area (Å²) in [6.07, 6.45) is -8.50. The van der Waals surface area contributed by atoms with E-state index < -0.39 is 87.9 Å². The Morgan fingerprint density at radius 3 is 2.23 bits per heavy atom. The lowest BCUT2D eigenvalue weighted by Gasteiger charge is -2.41. The Labute approximate surface area is 199 Å². The lowest BCUT2D eigenvalue weighted by molar-refractivity contribution is -0.233. The lowest BCUT2D eigenvalue weighted by atomic mass is 9.86. The van der Waals surface area contributed by atoms with Crippen LogP contribution in [0.4, 0.5) is 0 Å². The molecule has 0 amide bonds. The normalized spacial score (nSPS) is 34.2. The maximum Gasteiger partial charge on any atom is 0.397 e. The van der Waals surface area contributed by atoms with Crippen molar-refractivity contribution in [1.82, 2.24) is 0 Å². The number of aliphatic hydroxyl groups is 3. The van der Waals surface area contributed by atoms with Gasteiger partial charge in [-0.15, -0.1) is 0 Å². The van der Waals surface area contributed by atoms with E-state index in [0.717, 1.165) is 0 Å². The van der Waals surface area contributed by atoms with E-state index in [0.29, 0.717) is 6.08 Å². The first kappa shape index (κ1) is 29.7. The summed E-state index contributed by atoms with van der Waals surface area (Å²) in [5.74, 6) is -3.11. The fraction of sp³-hybridized carbons (Fsp3) is 0.812. The number of ether oxygens (including phenoxy) is 3. The minimum Gasteiger partial charge on any atom is -0.480 e. The summed E-state index contributed by atoms with van der Waals surface area (Å²) in [7, 11) is -9.85. The molecule has 35 heavy (non-hydrogen) atoms. The number of carbonyl (C=O) groups is 1. The molecule has 1 saturated heterocycles. The molecule has 19 heteroatoms. The largest absolute Gasteiger partial charge is 0.480 e. The van der Waals surface area contributed by atoms with Crippen molar-refractivity contribution in [2.24, 2.45) is 11.7 Å². The Morgan fingerprint density at radius 2 is 1.66 bits per heavy atom. The Balaban J connectivity index is 1.95. The van der Waals surface area contributed by atoms with E-state index in [1.54, 1.807) is 0 Å². The minimum absolute atomic E-state index is 0.0134. The third-order valence-electron chi connectivity index (χ3n) is 5.22. The van der Waals surface area contributed by atoms with E-state index in [9.17, 15) is 36.9 Å². The Hall–Kier alpha value is -1.49. The molecule has 204 valence electrons. The molecule has 2 aliphatic heterocycles. The summed E-state index contributed by atoms with van der Waals surface area (Å²) >= 11 is 0. The smallest absolute Gasteiger partial charge is 0.397 e. The molecule has 0 aromatic rings. The fourth-order valence-corrected chi connectivity index (χ4v) is 4.41. The summed E-state index contributed by atoms with van der Waals surface area (Å²) in [5.41, 5.74) is 5.65. The third kappa shape index (κ3) is 9.15. The summed E-state index contributed by atoms with van der Waals surface area (Å²) in [4.78, 5) is 11.1. The van der Waals surface area contributed by atoms with Gasteiger partial charge in [-0.05, 0) is 12.5 Å². The van der Waals surface area contributed by atoms with E-state index in [2.05, 4.69) is 8.37 Å². The molecule has 0 aromatic heterocycles. The third-order valence-corrected chi connectivity index (χ3v) is 6.12. The van der Waals surface area contributed by atoms with Crippen LogP contribution in [0.3, 0.4) is 0 Å². The van der Waals surface area contributed by atoms with E-state index in [1.165, 1.54) is 0 Å². The molecule has 8 N–H and O–H groups in total. The topological polar surface area (TPSA) is 279 Å². The van der Waals surface area contributed by atoms with Crippen LogP contribution >= 0.6 is 0 Å². The zero-order chi connectivity index (χ0) is 26.6. The quantitative estimate of drug-likeness (QED) is 0.0913. The van der Waals surface area contributed by atoms with Crippen LogP contribution in [-0.4, -0.2) is 115 Å². The van der Waals surface area contributed by atoms with E-state index in [1.807, 2.05) is 0 Å². The highest BCUT2D eigenvalue weighted by molar-refractivity contribution is 7.81. The van der Waals surface area contributed by atoms with Gasteiger partial charge in [-0.1, -0.05) is 0 Å². The molecule has 0 saturated carbocycles. The number of aliphatic hydroxyl groups excluding tert-OH is 3. The molecule has 0 aromatic carbocycles. The van der Waals surface area contributed by atoms with Gasteiger partial charge in [0.05, 0.1) is 31.5 Å². The van der Waals surface area contributed by atoms with Gasteiger partial charge >= 0.3 is 26.8 Å². The van der Waals surface area contributed by atoms with Crippen molar-refractivity contribution in [1.29, 1.82) is 0 Å². The molecular weight excluding hydrogens is 526 g/mol. The first-order valence-electron chi connectivity index (χ1n) is 10.0. The highest BCUT2D eigenvalue weighted by Crippen LogP contribution is 2.28. The Morgan fingerprint density at radius 1 is 1.03 bits per heavy atom. The van der Waals surface area contributed by atoms with Gasteiger partial charge < -0.3 is 40.4 Å². The van der Waals surface area contributed by atoms with Gasteiger partial charge in [0.15, 0.2) is 6.29 Å². The van der Waals surface area contributed by atoms with Gasteiger partial charge in [0.1, 0.15) is 18.3 Å². The molecule has 17 nitrogen and oxygen atoms in total. The number of rotatable bonds is 12. The summed E-state index contributed by atoms with van der Waals surface area (Å²) in [5, 5.41) is 39.1. The highest BCUT2D eigenvalue weighted by atomic mass is 32.3. The summed E-state index contributed by atoms with van der Waals surface area (Å²) < 4.78 is 85.7. The van der Waals surface area contributed by atoms with Crippen molar-refractivity contribution in [2.45, 2.75) is 55.7 Å². The average Bonchev–Trinajstić information content (AvgIpc) is 2.72. The lowest BCUT2D eigenvalue weighted by Crippen LogP contribution is -2.59. The molecule has 0 bridgehead atoms. The van der Waals surface area contributed by atoms with Crippen LogP contribution in [0.25, 0.3) is 0 Å². The predicted molar refractivity (Wildman–Crippen MR) is 109 cm³/mol. The van der Waals surface area contributed by atoms with Crippen LogP contribution in [-0.2, 0) is 48.2 Å². The van der Waals surface area contributed by atoms with Gasteiger partial charge in [0.25, 0.3) is 0 Å². The monoisotopic (exact) mass is 553 g/mol. The van der Waals surface area contributed by atoms with E-state index in [4.69, 9.17) is 34.2 Å². The van der Waals surface area contributed by atoms with Crippen molar-refractivity contribution in [2.75, 3.05) is 19.8 Å². The molecule has 0 aliphatic carbocycles. The van der Waals surface area contributed by atoms with E-state index >= 15 is 0 Å². The van der Waals surface area contributed by atoms with Gasteiger partial charge in [-0.2, -0.15) is 16.8 Å².